The lowest BCUT2D eigenvalue weighted by atomic mass is 10.0. The van der Waals surface area contributed by atoms with Crippen LogP contribution in [0.2, 0.25) is 5.02 Å². The van der Waals surface area contributed by atoms with Crippen molar-refractivity contribution in [1.82, 2.24) is 15.1 Å². The van der Waals surface area contributed by atoms with Crippen LogP contribution in [0, 0.1) is 0 Å². The quantitative estimate of drug-likeness (QED) is 0.449. The lowest BCUT2D eigenvalue weighted by molar-refractivity contribution is -0.303. The molecule has 0 spiro atoms. The summed E-state index contributed by atoms with van der Waals surface area (Å²) in [6.07, 6.45) is 1.15. The van der Waals surface area contributed by atoms with Crippen LogP contribution in [0.4, 0.5) is 13.2 Å². The van der Waals surface area contributed by atoms with Gasteiger partial charge in [-0.25, -0.2) is 0 Å². The first-order valence-electron chi connectivity index (χ1n) is 9.65. The monoisotopic (exact) mass is 484 g/mol. The van der Waals surface area contributed by atoms with Crippen LogP contribution in [-0.4, -0.2) is 41.9 Å². The Morgan fingerprint density at radius 2 is 2.12 bits per heavy atom. The fourth-order valence-electron chi connectivity index (χ4n) is 3.09. The summed E-state index contributed by atoms with van der Waals surface area (Å²) in [5, 5.41) is 10.7. The molecule has 1 aromatic heterocycles. The highest BCUT2D eigenvalue weighted by atomic mass is 35.5. The standard InChI is InChI=1S/C21H20ClF3N4O4/c1-26-19(30)18(28-31-2)16-9-4-3-6-13(16)12-32-20-17(22)11-29(27-20)14-7-5-8-15(10-14)33-21(23,24)25/h3-6,8-11,14H,7,12H2,1-2H3,(H,26,30)/b28-18+. The maximum absolute atomic E-state index is 12.5. The number of nitrogens with zero attached hydrogens (tertiary/aromatic N) is 3. The van der Waals surface area contributed by atoms with Gasteiger partial charge in [0.05, 0.1) is 6.04 Å². The molecule has 12 heteroatoms. The van der Waals surface area contributed by atoms with Gasteiger partial charge in [0.15, 0.2) is 5.71 Å². The minimum absolute atomic E-state index is 0.00449. The van der Waals surface area contributed by atoms with E-state index >= 15 is 0 Å². The van der Waals surface area contributed by atoms with Gasteiger partial charge in [0.2, 0.25) is 0 Å². The second-order valence-corrected chi connectivity index (χ2v) is 7.14. The molecule has 1 unspecified atom stereocenters. The zero-order valence-corrected chi connectivity index (χ0v) is 18.4. The minimum atomic E-state index is -4.79. The van der Waals surface area contributed by atoms with Crippen molar-refractivity contribution >= 4 is 23.2 Å². The molecule has 0 saturated carbocycles. The average Bonchev–Trinajstić information content (AvgIpc) is 3.15. The fourth-order valence-corrected chi connectivity index (χ4v) is 3.28. The minimum Gasteiger partial charge on any atom is -0.471 e. The number of oxime groups is 1. The third-order valence-electron chi connectivity index (χ3n) is 4.51. The Hall–Kier alpha value is -3.47. The van der Waals surface area contributed by atoms with Crippen molar-refractivity contribution in [1.29, 1.82) is 0 Å². The van der Waals surface area contributed by atoms with Gasteiger partial charge in [-0.15, -0.1) is 18.3 Å². The van der Waals surface area contributed by atoms with Crippen molar-refractivity contribution in [3.05, 3.63) is 70.6 Å². The van der Waals surface area contributed by atoms with Crippen LogP contribution in [0.1, 0.15) is 23.6 Å². The predicted octanol–water partition coefficient (Wildman–Crippen LogP) is 4.13. The predicted molar refractivity (Wildman–Crippen MR) is 114 cm³/mol. The third-order valence-corrected chi connectivity index (χ3v) is 4.77. The van der Waals surface area contributed by atoms with Crippen LogP contribution in [0.5, 0.6) is 5.88 Å². The van der Waals surface area contributed by atoms with Gasteiger partial charge in [0.1, 0.15) is 24.5 Å². The number of hydrogen-bond acceptors (Lipinski definition) is 6. The number of alkyl halides is 3. The lowest BCUT2D eigenvalue weighted by Gasteiger charge is -2.18. The summed E-state index contributed by atoms with van der Waals surface area (Å²) in [6.45, 7) is -0.00449. The van der Waals surface area contributed by atoms with Gasteiger partial charge in [0, 0.05) is 18.8 Å². The molecule has 176 valence electrons. The van der Waals surface area contributed by atoms with Crippen LogP contribution in [0.25, 0.3) is 0 Å². The summed E-state index contributed by atoms with van der Waals surface area (Å²) >= 11 is 6.23. The number of halogens is 4. The van der Waals surface area contributed by atoms with Crippen LogP contribution in [0.15, 0.2) is 59.6 Å². The summed E-state index contributed by atoms with van der Waals surface area (Å²) in [7, 11) is 2.80. The van der Waals surface area contributed by atoms with E-state index < -0.39 is 18.3 Å². The van der Waals surface area contributed by atoms with Gasteiger partial charge in [0.25, 0.3) is 11.8 Å². The maximum Gasteiger partial charge on any atom is 0.573 e. The molecule has 0 fully saturated rings. The van der Waals surface area contributed by atoms with E-state index in [0.29, 0.717) is 17.5 Å². The molecule has 1 atom stereocenters. The summed E-state index contributed by atoms with van der Waals surface area (Å²) < 4.78 is 48.6. The van der Waals surface area contributed by atoms with Crippen LogP contribution in [0.3, 0.4) is 0 Å². The molecule has 0 bridgehead atoms. The number of allylic oxidation sites excluding steroid dienone is 3. The van der Waals surface area contributed by atoms with Crippen molar-refractivity contribution in [3.8, 4) is 5.88 Å². The van der Waals surface area contributed by atoms with Gasteiger partial charge >= 0.3 is 6.36 Å². The van der Waals surface area contributed by atoms with Crippen molar-refractivity contribution in [2.75, 3.05) is 14.2 Å². The lowest BCUT2D eigenvalue weighted by Crippen LogP contribution is -2.29. The third kappa shape index (κ3) is 6.28. The van der Waals surface area contributed by atoms with E-state index in [0.717, 1.165) is 0 Å². The number of nitrogens with one attached hydrogen (secondary N) is 1. The second-order valence-electron chi connectivity index (χ2n) is 6.73. The van der Waals surface area contributed by atoms with E-state index in [9.17, 15) is 18.0 Å². The molecular formula is C21H20ClF3N4O4. The zero-order valence-electron chi connectivity index (χ0n) is 17.6. The molecule has 1 N–H and O–H groups in total. The van der Waals surface area contributed by atoms with Gasteiger partial charge in [-0.05, 0) is 24.1 Å². The average molecular weight is 485 g/mol. The fraction of sp³-hybridized carbons (Fsp3) is 0.286. The first-order valence-corrected chi connectivity index (χ1v) is 10.0. The van der Waals surface area contributed by atoms with E-state index in [4.69, 9.17) is 21.2 Å². The molecule has 3 rings (SSSR count). The zero-order chi connectivity index (χ0) is 24.0. The Morgan fingerprint density at radius 1 is 1.36 bits per heavy atom. The van der Waals surface area contributed by atoms with E-state index in [1.165, 1.54) is 37.2 Å². The summed E-state index contributed by atoms with van der Waals surface area (Å²) in [4.78, 5) is 17.0. The number of amides is 1. The molecule has 1 aliphatic rings. The molecule has 1 amide bonds. The largest absolute Gasteiger partial charge is 0.573 e. The van der Waals surface area contributed by atoms with E-state index in [2.05, 4.69) is 20.3 Å². The maximum atomic E-state index is 12.5. The van der Waals surface area contributed by atoms with Crippen LogP contribution >= 0.6 is 11.6 Å². The van der Waals surface area contributed by atoms with E-state index in [-0.39, 0.29) is 29.0 Å². The number of carbonyl (C=O) groups excluding carboxylic acids is 1. The number of benzene rings is 1. The molecule has 0 radical (unpaired) electrons. The highest BCUT2D eigenvalue weighted by Gasteiger charge is 2.32. The first kappa shape index (κ1) is 24.2. The van der Waals surface area contributed by atoms with Gasteiger partial charge in [-0.3, -0.25) is 9.48 Å². The van der Waals surface area contributed by atoms with E-state index in [1.807, 2.05) is 0 Å². The molecule has 33 heavy (non-hydrogen) atoms. The number of rotatable bonds is 8. The summed E-state index contributed by atoms with van der Waals surface area (Å²) in [6, 6.07) is 6.39. The highest BCUT2D eigenvalue weighted by molar-refractivity contribution is 6.45. The topological polar surface area (TPSA) is 87.0 Å². The van der Waals surface area contributed by atoms with Crippen molar-refractivity contribution in [3.63, 3.8) is 0 Å². The van der Waals surface area contributed by atoms with E-state index in [1.54, 1.807) is 30.3 Å². The molecule has 1 aliphatic carbocycles. The van der Waals surface area contributed by atoms with Crippen molar-refractivity contribution in [2.45, 2.75) is 25.4 Å². The van der Waals surface area contributed by atoms with Crippen LogP contribution in [-0.2, 0) is 21.0 Å². The summed E-state index contributed by atoms with van der Waals surface area (Å²) in [5.41, 5.74) is 1.17. The number of carbonyl (C=O) groups is 1. The normalized spacial score (nSPS) is 16.2. The molecular weight excluding hydrogens is 465 g/mol. The molecule has 8 nitrogen and oxygen atoms in total. The van der Waals surface area contributed by atoms with Gasteiger partial charge < -0.3 is 19.6 Å². The Bertz CT molecular complexity index is 1100. The first-order chi connectivity index (χ1) is 15.7. The van der Waals surface area contributed by atoms with Crippen LogP contribution < -0.4 is 10.1 Å². The summed E-state index contributed by atoms with van der Waals surface area (Å²) in [5.74, 6) is -0.695. The molecule has 1 heterocycles. The smallest absolute Gasteiger partial charge is 0.471 e. The van der Waals surface area contributed by atoms with Crippen molar-refractivity contribution in [2.24, 2.45) is 5.16 Å². The Balaban J connectivity index is 1.78. The second kappa shape index (κ2) is 10.4. The molecule has 0 aliphatic heterocycles. The number of likely N-dealkylation sites (N-methyl/N-ethyl adjacent to an activating group) is 1. The van der Waals surface area contributed by atoms with Gasteiger partial charge in [-0.1, -0.05) is 47.1 Å². The number of aromatic nitrogens is 2. The number of hydrogen-bond donors (Lipinski definition) is 1. The molecule has 1 aromatic carbocycles. The Labute approximate surface area is 192 Å². The molecule has 2 aromatic rings. The van der Waals surface area contributed by atoms with Crippen molar-refractivity contribution < 1.29 is 32.3 Å². The Morgan fingerprint density at radius 3 is 2.82 bits per heavy atom. The Kier molecular flexibility index (Phi) is 7.64. The SMILES string of the molecule is CNC(=O)/C(=N/OC)c1ccccc1COc1nn(C2C=C(OC(F)(F)F)C=CC2)cc1Cl. The molecule has 0 saturated heterocycles. The van der Waals surface area contributed by atoms with Gasteiger partial charge in [-0.2, -0.15) is 0 Å². The highest BCUT2D eigenvalue weighted by Crippen LogP contribution is 2.31. The number of ether oxygens (including phenoxy) is 2.